The van der Waals surface area contributed by atoms with E-state index in [0.717, 1.165) is 54.4 Å². The van der Waals surface area contributed by atoms with Gasteiger partial charge in [-0.2, -0.15) is 0 Å². The number of piperidine rings is 1. The van der Waals surface area contributed by atoms with Crippen molar-refractivity contribution >= 4 is 35.2 Å². The first-order valence-electron chi connectivity index (χ1n) is 12.0. The number of carbonyl (C=O) groups is 2. The average molecular weight is 493 g/mol. The Bertz CT molecular complexity index is 1190. The summed E-state index contributed by atoms with van der Waals surface area (Å²) in [5, 5.41) is 15.1. The standard InChI is InChI=1S/C26H32N6O2S/c1-18-10-12-21(13-11-18)32-25(31-14-5-4-6-15-31)29-30-26(32)35-17-24(34)27-16-23(33)28-22-9-7-8-19(2)20(22)3/h7-13H,4-6,14-17H2,1-3H3,(H,27,34)(H,28,33). The lowest BCUT2D eigenvalue weighted by Gasteiger charge is -2.27. The number of carbonyl (C=O) groups excluding carboxylic acids is 2. The normalized spacial score (nSPS) is 13.5. The number of nitrogens with one attached hydrogen (secondary N) is 2. The molecule has 1 aliphatic heterocycles. The minimum Gasteiger partial charge on any atom is -0.346 e. The van der Waals surface area contributed by atoms with Gasteiger partial charge in [-0.3, -0.25) is 14.2 Å². The van der Waals surface area contributed by atoms with Crippen molar-refractivity contribution < 1.29 is 9.59 Å². The van der Waals surface area contributed by atoms with Crippen molar-refractivity contribution in [3.05, 3.63) is 59.2 Å². The van der Waals surface area contributed by atoms with Gasteiger partial charge in [0.15, 0.2) is 5.16 Å². The molecule has 35 heavy (non-hydrogen) atoms. The monoisotopic (exact) mass is 492 g/mol. The Balaban J connectivity index is 1.39. The molecule has 0 spiro atoms. The van der Waals surface area contributed by atoms with Crippen LogP contribution in [0.2, 0.25) is 0 Å². The second-order valence-electron chi connectivity index (χ2n) is 8.86. The highest BCUT2D eigenvalue weighted by Gasteiger charge is 2.22. The summed E-state index contributed by atoms with van der Waals surface area (Å²) >= 11 is 1.32. The van der Waals surface area contributed by atoms with E-state index in [1.54, 1.807) is 0 Å². The number of benzene rings is 2. The van der Waals surface area contributed by atoms with Gasteiger partial charge in [0.05, 0.1) is 18.0 Å². The average Bonchev–Trinajstić information content (AvgIpc) is 3.29. The van der Waals surface area contributed by atoms with Gasteiger partial charge in [-0.05, 0) is 69.4 Å². The maximum absolute atomic E-state index is 12.5. The van der Waals surface area contributed by atoms with E-state index in [0.29, 0.717) is 5.16 Å². The molecule has 1 aliphatic rings. The zero-order valence-electron chi connectivity index (χ0n) is 20.5. The predicted molar refractivity (Wildman–Crippen MR) is 140 cm³/mol. The molecule has 1 fully saturated rings. The molecule has 0 saturated carbocycles. The minimum atomic E-state index is -0.257. The first-order chi connectivity index (χ1) is 16.9. The SMILES string of the molecule is Cc1ccc(-n2c(SCC(=O)NCC(=O)Nc3cccc(C)c3C)nnc2N2CCCCC2)cc1. The maximum atomic E-state index is 12.5. The number of aromatic nitrogens is 3. The smallest absolute Gasteiger partial charge is 0.243 e. The molecule has 3 aromatic rings. The topological polar surface area (TPSA) is 92.2 Å². The van der Waals surface area contributed by atoms with Gasteiger partial charge < -0.3 is 15.5 Å². The summed E-state index contributed by atoms with van der Waals surface area (Å²) in [7, 11) is 0. The molecule has 0 radical (unpaired) electrons. The number of anilines is 2. The lowest BCUT2D eigenvalue weighted by atomic mass is 10.1. The van der Waals surface area contributed by atoms with Crippen LogP contribution in [0.1, 0.15) is 36.0 Å². The molecule has 8 nitrogen and oxygen atoms in total. The number of thioether (sulfide) groups is 1. The molecule has 0 bridgehead atoms. The summed E-state index contributed by atoms with van der Waals surface area (Å²) in [5.41, 5.74) is 5.02. The summed E-state index contributed by atoms with van der Waals surface area (Å²) in [6.45, 7) is 7.82. The number of rotatable bonds is 8. The fraction of sp³-hybridized carbons (Fsp3) is 0.385. The minimum absolute atomic E-state index is 0.0868. The van der Waals surface area contributed by atoms with Crippen molar-refractivity contribution in [2.24, 2.45) is 0 Å². The highest BCUT2D eigenvalue weighted by Crippen LogP contribution is 2.28. The first kappa shape index (κ1) is 24.8. The van der Waals surface area contributed by atoms with E-state index in [-0.39, 0.29) is 24.1 Å². The Morgan fingerprint density at radius 3 is 2.43 bits per heavy atom. The predicted octanol–water partition coefficient (Wildman–Crippen LogP) is 4.03. The van der Waals surface area contributed by atoms with Crippen LogP contribution < -0.4 is 15.5 Å². The molecule has 9 heteroatoms. The third-order valence-corrected chi connectivity index (χ3v) is 7.13. The molecule has 2 heterocycles. The largest absolute Gasteiger partial charge is 0.346 e. The number of aryl methyl sites for hydroxylation is 2. The van der Waals surface area contributed by atoms with Gasteiger partial charge in [-0.1, -0.05) is 41.6 Å². The molecule has 1 aromatic heterocycles. The second kappa shape index (κ2) is 11.4. The van der Waals surface area contributed by atoms with E-state index in [4.69, 9.17) is 0 Å². The molecule has 2 amide bonds. The highest BCUT2D eigenvalue weighted by atomic mass is 32.2. The van der Waals surface area contributed by atoms with Crippen molar-refractivity contribution in [3.8, 4) is 5.69 Å². The third kappa shape index (κ3) is 6.22. The van der Waals surface area contributed by atoms with Gasteiger partial charge in [-0.25, -0.2) is 0 Å². The number of hydrogen-bond donors (Lipinski definition) is 2. The van der Waals surface area contributed by atoms with Crippen LogP contribution in [-0.2, 0) is 9.59 Å². The Morgan fingerprint density at radius 1 is 0.943 bits per heavy atom. The van der Waals surface area contributed by atoms with Gasteiger partial charge in [0, 0.05) is 18.8 Å². The molecular formula is C26H32N6O2S. The van der Waals surface area contributed by atoms with Gasteiger partial charge >= 0.3 is 0 Å². The Kier molecular flexibility index (Phi) is 8.07. The molecule has 4 rings (SSSR count). The summed E-state index contributed by atoms with van der Waals surface area (Å²) < 4.78 is 2.02. The Labute approximate surface area is 210 Å². The summed E-state index contributed by atoms with van der Waals surface area (Å²) in [6, 6.07) is 14.0. The molecule has 1 saturated heterocycles. The van der Waals surface area contributed by atoms with Crippen LogP contribution in [-0.4, -0.2) is 52.0 Å². The molecule has 0 atom stereocenters. The molecule has 0 unspecified atom stereocenters. The Morgan fingerprint density at radius 2 is 1.69 bits per heavy atom. The van der Waals surface area contributed by atoms with Gasteiger partial charge in [0.2, 0.25) is 17.8 Å². The van der Waals surface area contributed by atoms with Gasteiger partial charge in [0.25, 0.3) is 0 Å². The zero-order valence-corrected chi connectivity index (χ0v) is 21.3. The van der Waals surface area contributed by atoms with Crippen LogP contribution in [0.25, 0.3) is 5.69 Å². The molecule has 2 aromatic carbocycles. The van der Waals surface area contributed by atoms with Crippen LogP contribution in [0.15, 0.2) is 47.6 Å². The van der Waals surface area contributed by atoms with E-state index in [1.165, 1.54) is 23.7 Å². The summed E-state index contributed by atoms with van der Waals surface area (Å²) in [5.74, 6) is 0.460. The van der Waals surface area contributed by atoms with Crippen LogP contribution >= 0.6 is 11.8 Å². The van der Waals surface area contributed by atoms with E-state index >= 15 is 0 Å². The quantitative estimate of drug-likeness (QED) is 0.461. The lowest BCUT2D eigenvalue weighted by Crippen LogP contribution is -2.34. The van der Waals surface area contributed by atoms with Crippen LogP contribution in [0.5, 0.6) is 0 Å². The maximum Gasteiger partial charge on any atom is 0.243 e. The molecule has 2 N–H and O–H groups in total. The number of hydrogen-bond acceptors (Lipinski definition) is 6. The van der Waals surface area contributed by atoms with Gasteiger partial charge in [0.1, 0.15) is 0 Å². The van der Waals surface area contributed by atoms with E-state index in [9.17, 15) is 9.59 Å². The summed E-state index contributed by atoms with van der Waals surface area (Å²) in [6.07, 6.45) is 3.50. The first-order valence-corrected chi connectivity index (χ1v) is 12.9. The Hall–Kier alpha value is -3.33. The van der Waals surface area contributed by atoms with Crippen molar-refractivity contribution in [2.75, 3.05) is 35.6 Å². The van der Waals surface area contributed by atoms with Gasteiger partial charge in [-0.15, -0.1) is 10.2 Å². The third-order valence-electron chi connectivity index (χ3n) is 6.20. The second-order valence-corrected chi connectivity index (χ2v) is 9.80. The molecule has 0 aliphatic carbocycles. The number of nitrogens with zero attached hydrogens (tertiary/aromatic N) is 4. The zero-order chi connectivity index (χ0) is 24.8. The van der Waals surface area contributed by atoms with Crippen molar-refractivity contribution in [2.45, 2.75) is 45.2 Å². The molecule has 184 valence electrons. The molecular weight excluding hydrogens is 460 g/mol. The van der Waals surface area contributed by atoms with Crippen molar-refractivity contribution in [1.82, 2.24) is 20.1 Å². The lowest BCUT2D eigenvalue weighted by molar-refractivity contribution is -0.122. The van der Waals surface area contributed by atoms with Crippen molar-refractivity contribution in [3.63, 3.8) is 0 Å². The van der Waals surface area contributed by atoms with E-state index in [1.807, 2.05) is 48.7 Å². The number of amides is 2. The van der Waals surface area contributed by atoms with Crippen LogP contribution in [0.4, 0.5) is 11.6 Å². The van der Waals surface area contributed by atoms with Crippen LogP contribution in [0.3, 0.4) is 0 Å². The summed E-state index contributed by atoms with van der Waals surface area (Å²) in [4.78, 5) is 27.1. The van der Waals surface area contributed by atoms with E-state index < -0.39 is 0 Å². The highest BCUT2D eigenvalue weighted by molar-refractivity contribution is 7.99. The van der Waals surface area contributed by atoms with Crippen LogP contribution in [0, 0.1) is 20.8 Å². The van der Waals surface area contributed by atoms with Crippen molar-refractivity contribution in [1.29, 1.82) is 0 Å². The fourth-order valence-corrected chi connectivity index (χ4v) is 4.79. The fourth-order valence-electron chi connectivity index (χ4n) is 4.02. The van der Waals surface area contributed by atoms with E-state index in [2.05, 4.69) is 44.8 Å².